The summed E-state index contributed by atoms with van der Waals surface area (Å²) in [6.45, 7) is 2.73. The maximum atomic E-state index is 10.3. The lowest BCUT2D eigenvalue weighted by Gasteiger charge is -2.40. The second-order valence-electron chi connectivity index (χ2n) is 4.83. The Morgan fingerprint density at radius 1 is 1.47 bits per heavy atom. The first kappa shape index (κ1) is 11.5. The zero-order valence-electron chi connectivity index (χ0n) is 9.65. The average Bonchev–Trinajstić information content (AvgIpc) is 2.62. The van der Waals surface area contributed by atoms with Crippen LogP contribution in [0.3, 0.4) is 0 Å². The Bertz CT molecular complexity index is 448. The van der Waals surface area contributed by atoms with Crippen molar-refractivity contribution in [1.82, 2.24) is 0 Å². The van der Waals surface area contributed by atoms with Crippen molar-refractivity contribution in [2.75, 3.05) is 6.61 Å². The lowest BCUT2D eigenvalue weighted by molar-refractivity contribution is -0.0565. The van der Waals surface area contributed by atoms with Crippen LogP contribution in [0.5, 0.6) is 5.75 Å². The van der Waals surface area contributed by atoms with Gasteiger partial charge >= 0.3 is 0 Å². The molecule has 2 aliphatic rings. The van der Waals surface area contributed by atoms with E-state index >= 15 is 0 Å². The van der Waals surface area contributed by atoms with Crippen LogP contribution in [0.15, 0.2) is 22.7 Å². The number of rotatable bonds is 0. The third-order valence-corrected chi connectivity index (χ3v) is 4.31. The van der Waals surface area contributed by atoms with Crippen LogP contribution >= 0.6 is 15.9 Å². The van der Waals surface area contributed by atoms with E-state index in [4.69, 9.17) is 9.47 Å². The van der Waals surface area contributed by atoms with Crippen LogP contribution in [0.25, 0.3) is 0 Å². The Hall–Kier alpha value is -0.580. The van der Waals surface area contributed by atoms with Gasteiger partial charge in [0.05, 0.1) is 18.8 Å². The van der Waals surface area contributed by atoms with E-state index in [0.29, 0.717) is 13.0 Å². The predicted octanol–water partition coefficient (Wildman–Crippen LogP) is 2.81. The highest BCUT2D eigenvalue weighted by atomic mass is 79.9. The molecule has 3 unspecified atom stereocenters. The second kappa shape index (κ2) is 3.97. The van der Waals surface area contributed by atoms with Gasteiger partial charge in [-0.05, 0) is 25.1 Å². The minimum atomic E-state index is -0.472. The van der Waals surface area contributed by atoms with Gasteiger partial charge in [-0.25, -0.2) is 0 Å². The van der Waals surface area contributed by atoms with Gasteiger partial charge in [0, 0.05) is 22.9 Å². The van der Waals surface area contributed by atoms with Crippen molar-refractivity contribution in [3.05, 3.63) is 28.2 Å². The maximum absolute atomic E-state index is 10.3. The number of hydrogen-bond acceptors (Lipinski definition) is 3. The molecule has 1 saturated heterocycles. The van der Waals surface area contributed by atoms with Crippen molar-refractivity contribution >= 4 is 15.9 Å². The second-order valence-corrected chi connectivity index (χ2v) is 5.75. The number of halogens is 1. The molecule has 3 atom stereocenters. The zero-order valence-corrected chi connectivity index (χ0v) is 11.2. The van der Waals surface area contributed by atoms with E-state index in [0.717, 1.165) is 22.2 Å². The molecule has 1 fully saturated rings. The molecule has 0 aliphatic carbocycles. The molecule has 1 aromatic rings. The Morgan fingerprint density at radius 3 is 3.00 bits per heavy atom. The van der Waals surface area contributed by atoms with Crippen molar-refractivity contribution in [2.24, 2.45) is 0 Å². The normalized spacial score (nSPS) is 35.7. The molecule has 0 amide bonds. The molecule has 4 heteroatoms. The molecule has 17 heavy (non-hydrogen) atoms. The summed E-state index contributed by atoms with van der Waals surface area (Å²) in [4.78, 5) is 0. The van der Waals surface area contributed by atoms with Gasteiger partial charge in [-0.2, -0.15) is 0 Å². The summed E-state index contributed by atoms with van der Waals surface area (Å²) in [6, 6.07) is 5.77. The third kappa shape index (κ3) is 1.79. The monoisotopic (exact) mass is 298 g/mol. The number of hydrogen-bond donors (Lipinski definition) is 1. The molecule has 0 bridgehead atoms. The molecule has 2 aliphatic heterocycles. The highest BCUT2D eigenvalue weighted by Crippen LogP contribution is 2.46. The van der Waals surface area contributed by atoms with Gasteiger partial charge in [-0.1, -0.05) is 15.9 Å². The fourth-order valence-electron chi connectivity index (χ4n) is 2.74. The number of fused-ring (bicyclic) bond motifs is 1. The van der Waals surface area contributed by atoms with Crippen LogP contribution in [-0.2, 0) is 4.74 Å². The van der Waals surface area contributed by atoms with E-state index < -0.39 is 6.10 Å². The van der Waals surface area contributed by atoms with Crippen molar-refractivity contribution in [3.8, 4) is 5.75 Å². The smallest absolute Gasteiger partial charge is 0.140 e. The van der Waals surface area contributed by atoms with E-state index in [-0.39, 0.29) is 11.7 Å². The van der Waals surface area contributed by atoms with E-state index in [1.807, 2.05) is 25.1 Å². The molecular formula is C13H15BrO3. The number of aliphatic hydroxyl groups excluding tert-OH is 1. The topological polar surface area (TPSA) is 38.7 Å². The third-order valence-electron chi connectivity index (χ3n) is 3.82. The standard InChI is InChI=1S/C13H15BrO3/c1-8-13(4-5-16-8)7-11(15)10-6-9(14)2-3-12(10)17-13/h2-3,6,8,11,15H,4-5,7H2,1H3. The fourth-order valence-corrected chi connectivity index (χ4v) is 3.11. The molecule has 0 aromatic heterocycles. The van der Waals surface area contributed by atoms with Crippen LogP contribution in [0.1, 0.15) is 31.4 Å². The largest absolute Gasteiger partial charge is 0.484 e. The Kier molecular flexibility index (Phi) is 2.69. The first-order valence-corrected chi connectivity index (χ1v) is 6.68. The van der Waals surface area contributed by atoms with Crippen molar-refractivity contribution in [2.45, 2.75) is 37.6 Å². The minimum absolute atomic E-state index is 0.0361. The van der Waals surface area contributed by atoms with Crippen molar-refractivity contribution in [1.29, 1.82) is 0 Å². The fraction of sp³-hybridized carbons (Fsp3) is 0.538. The van der Waals surface area contributed by atoms with Gasteiger partial charge in [0.1, 0.15) is 11.4 Å². The molecule has 0 saturated carbocycles. The van der Waals surface area contributed by atoms with Gasteiger partial charge in [0.25, 0.3) is 0 Å². The lowest BCUT2D eigenvalue weighted by atomic mass is 9.84. The van der Waals surface area contributed by atoms with Gasteiger partial charge in [0.2, 0.25) is 0 Å². The summed E-state index contributed by atoms with van der Waals surface area (Å²) in [5, 5.41) is 10.3. The molecule has 3 rings (SSSR count). The summed E-state index contributed by atoms with van der Waals surface area (Å²) < 4.78 is 12.7. The van der Waals surface area contributed by atoms with Crippen molar-refractivity contribution in [3.63, 3.8) is 0 Å². The molecule has 92 valence electrons. The first-order valence-electron chi connectivity index (χ1n) is 5.89. The van der Waals surface area contributed by atoms with Crippen molar-refractivity contribution < 1.29 is 14.6 Å². The molecule has 3 nitrogen and oxygen atoms in total. The zero-order chi connectivity index (χ0) is 12.0. The highest BCUT2D eigenvalue weighted by Gasteiger charge is 2.48. The highest BCUT2D eigenvalue weighted by molar-refractivity contribution is 9.10. The van der Waals surface area contributed by atoms with Gasteiger partial charge < -0.3 is 14.6 Å². The minimum Gasteiger partial charge on any atom is -0.484 e. The Morgan fingerprint density at radius 2 is 2.29 bits per heavy atom. The van der Waals surface area contributed by atoms with Crippen LogP contribution in [0.2, 0.25) is 0 Å². The summed E-state index contributed by atoms with van der Waals surface area (Å²) in [5.41, 5.74) is 0.518. The summed E-state index contributed by atoms with van der Waals surface area (Å²) >= 11 is 3.41. The number of ether oxygens (including phenoxy) is 2. The quantitative estimate of drug-likeness (QED) is 0.800. The molecule has 0 radical (unpaired) electrons. The van der Waals surface area contributed by atoms with Crippen LogP contribution in [0, 0.1) is 0 Å². The summed E-state index contributed by atoms with van der Waals surface area (Å²) in [5.74, 6) is 0.782. The Labute approximate surface area is 109 Å². The van der Waals surface area contributed by atoms with E-state index in [2.05, 4.69) is 15.9 Å². The molecule has 1 N–H and O–H groups in total. The molecule has 1 spiro atoms. The van der Waals surface area contributed by atoms with Gasteiger partial charge in [-0.15, -0.1) is 0 Å². The van der Waals surface area contributed by atoms with Crippen LogP contribution < -0.4 is 4.74 Å². The number of aliphatic hydroxyl groups is 1. The van der Waals surface area contributed by atoms with E-state index in [9.17, 15) is 5.11 Å². The van der Waals surface area contributed by atoms with E-state index in [1.54, 1.807) is 0 Å². The average molecular weight is 299 g/mol. The number of benzene rings is 1. The van der Waals surface area contributed by atoms with E-state index in [1.165, 1.54) is 0 Å². The molecular weight excluding hydrogens is 284 g/mol. The first-order chi connectivity index (χ1) is 8.11. The van der Waals surface area contributed by atoms with Crippen LogP contribution in [0.4, 0.5) is 0 Å². The summed E-state index contributed by atoms with van der Waals surface area (Å²) in [6.07, 6.45) is 1.02. The van der Waals surface area contributed by atoms with Gasteiger partial charge in [0.15, 0.2) is 0 Å². The molecule has 1 aromatic carbocycles. The summed E-state index contributed by atoms with van der Waals surface area (Å²) in [7, 11) is 0. The predicted molar refractivity (Wildman–Crippen MR) is 67.1 cm³/mol. The maximum Gasteiger partial charge on any atom is 0.140 e. The SMILES string of the molecule is CC1OCCC12CC(O)c1cc(Br)ccc1O2. The Balaban J connectivity index is 2.01. The van der Waals surface area contributed by atoms with Gasteiger partial charge in [-0.3, -0.25) is 0 Å². The lowest BCUT2D eigenvalue weighted by Crippen LogP contribution is -2.46. The molecule has 2 heterocycles. The van der Waals surface area contributed by atoms with Crippen LogP contribution in [-0.4, -0.2) is 23.4 Å².